The number of hydrogen-bond donors (Lipinski definition) is 1. The summed E-state index contributed by atoms with van der Waals surface area (Å²) in [6.07, 6.45) is 3.33. The molecule has 1 N–H and O–H groups in total. The van der Waals surface area contributed by atoms with Gasteiger partial charge in [0.25, 0.3) is 0 Å². The first-order valence-electron chi connectivity index (χ1n) is 15.5. The number of fused-ring (bicyclic) bond motifs is 1. The summed E-state index contributed by atoms with van der Waals surface area (Å²) in [6, 6.07) is 10.5. The highest BCUT2D eigenvalue weighted by atomic mass is 35.5. The molecule has 4 heterocycles. The van der Waals surface area contributed by atoms with Crippen molar-refractivity contribution in [2.75, 3.05) is 13.3 Å². The van der Waals surface area contributed by atoms with Crippen LogP contribution in [0, 0.1) is 34.7 Å². The zero-order valence-corrected chi connectivity index (χ0v) is 26.5. The molecule has 8 nitrogen and oxygen atoms in total. The van der Waals surface area contributed by atoms with Gasteiger partial charge in [-0.2, -0.15) is 0 Å². The van der Waals surface area contributed by atoms with Crippen molar-refractivity contribution in [3.63, 3.8) is 0 Å². The standard InChI is InChI=1S/C36H27ClF4N4O4/c37-25-10-20(4-6-36(19-38)7-8-36)16-42-30(25)18-49-33-3-1-2-29(43-33)24-15-26(39)21(11-27(24)40)14-32-44-34-28(41)12-22(35(46)47)13-31(34)45(32)17-23-5-9-48-23/h1-3,10-13,15-16,23H,5,7-9,14,17-19H2,(H,46,47)/t23-/m0/s1. The molecule has 250 valence electrons. The van der Waals surface area contributed by atoms with Crippen molar-refractivity contribution < 1.29 is 36.9 Å². The number of carboxylic acid groups (broad SMARTS) is 1. The molecule has 5 aromatic rings. The highest BCUT2D eigenvalue weighted by Crippen LogP contribution is 2.45. The SMILES string of the molecule is O=C(O)c1cc(F)c2nc(Cc3cc(F)c(-c4cccc(OCc5ncc(C#CC6(CF)CC6)cc5Cl)n4)cc3F)n(C[C@@H]3CCO3)c2c1. The highest BCUT2D eigenvalue weighted by Gasteiger charge is 2.41. The van der Waals surface area contributed by atoms with Gasteiger partial charge in [-0.3, -0.25) is 4.98 Å². The molecular weight excluding hydrogens is 664 g/mol. The first-order chi connectivity index (χ1) is 23.6. The number of nitrogens with zero attached hydrogens (tertiary/aromatic N) is 4. The van der Waals surface area contributed by atoms with Gasteiger partial charge in [0.05, 0.1) is 45.6 Å². The number of benzene rings is 2. The number of ether oxygens (including phenoxy) is 2. The number of imidazole rings is 1. The van der Waals surface area contributed by atoms with Crippen LogP contribution in [-0.2, 0) is 24.3 Å². The van der Waals surface area contributed by atoms with Gasteiger partial charge in [-0.25, -0.2) is 32.3 Å². The van der Waals surface area contributed by atoms with Crippen molar-refractivity contribution >= 4 is 28.6 Å². The van der Waals surface area contributed by atoms with Crippen molar-refractivity contribution in [2.45, 2.75) is 44.9 Å². The number of pyridine rings is 2. The van der Waals surface area contributed by atoms with Gasteiger partial charge >= 0.3 is 5.97 Å². The normalized spacial score (nSPS) is 16.1. The van der Waals surface area contributed by atoms with E-state index in [2.05, 4.69) is 26.8 Å². The maximum Gasteiger partial charge on any atom is 0.335 e. The Morgan fingerprint density at radius 3 is 2.61 bits per heavy atom. The van der Waals surface area contributed by atoms with E-state index in [9.17, 15) is 18.7 Å². The van der Waals surface area contributed by atoms with Gasteiger partial charge in [-0.15, -0.1) is 0 Å². The molecule has 13 heteroatoms. The van der Waals surface area contributed by atoms with Gasteiger partial charge in [-0.05, 0) is 61.2 Å². The number of aromatic nitrogens is 4. The van der Waals surface area contributed by atoms with Crippen LogP contribution < -0.4 is 4.74 Å². The number of carbonyl (C=O) groups is 1. The van der Waals surface area contributed by atoms with Crippen LogP contribution in [0.15, 0.2) is 54.7 Å². The molecule has 2 aliphatic rings. The first kappa shape index (κ1) is 32.6. The van der Waals surface area contributed by atoms with Crippen LogP contribution in [0.25, 0.3) is 22.3 Å². The molecule has 2 fully saturated rings. The van der Waals surface area contributed by atoms with Gasteiger partial charge in [0, 0.05) is 36.4 Å². The number of rotatable bonds is 10. The summed E-state index contributed by atoms with van der Waals surface area (Å²) in [5, 5.41) is 9.75. The third kappa shape index (κ3) is 6.82. The molecule has 3 aromatic heterocycles. The molecule has 1 aliphatic heterocycles. The number of aromatic carboxylic acids is 1. The van der Waals surface area contributed by atoms with Crippen LogP contribution in [0.5, 0.6) is 5.88 Å². The number of halogens is 5. The van der Waals surface area contributed by atoms with E-state index in [1.165, 1.54) is 18.3 Å². The zero-order valence-electron chi connectivity index (χ0n) is 25.8. The number of hydrogen-bond acceptors (Lipinski definition) is 6. The Kier molecular flexibility index (Phi) is 8.73. The Labute approximate surface area is 282 Å². The minimum Gasteiger partial charge on any atom is -0.478 e. The first-order valence-corrected chi connectivity index (χ1v) is 15.8. The van der Waals surface area contributed by atoms with E-state index in [1.807, 2.05) is 0 Å². The van der Waals surface area contributed by atoms with E-state index < -0.39 is 35.5 Å². The van der Waals surface area contributed by atoms with E-state index in [0.29, 0.717) is 22.9 Å². The predicted molar refractivity (Wildman–Crippen MR) is 172 cm³/mol. The number of alkyl halides is 1. The van der Waals surface area contributed by atoms with E-state index in [-0.39, 0.29) is 70.8 Å². The fraction of sp³-hybridized carbons (Fsp3) is 0.278. The van der Waals surface area contributed by atoms with Crippen molar-refractivity contribution in [2.24, 2.45) is 5.41 Å². The molecule has 1 atom stereocenters. The van der Waals surface area contributed by atoms with Crippen LogP contribution >= 0.6 is 11.6 Å². The van der Waals surface area contributed by atoms with Crippen molar-refractivity contribution in [3.8, 4) is 29.0 Å². The van der Waals surface area contributed by atoms with E-state index in [4.69, 9.17) is 21.1 Å². The molecule has 2 aromatic carbocycles. The molecular formula is C36H27ClF4N4O4. The van der Waals surface area contributed by atoms with E-state index in [0.717, 1.165) is 37.5 Å². The van der Waals surface area contributed by atoms with Gasteiger partial charge in [-0.1, -0.05) is 29.5 Å². The minimum atomic E-state index is -1.31. The van der Waals surface area contributed by atoms with Gasteiger partial charge in [0.1, 0.15) is 36.3 Å². The predicted octanol–water partition coefficient (Wildman–Crippen LogP) is 7.32. The van der Waals surface area contributed by atoms with Gasteiger partial charge in [0.15, 0.2) is 5.82 Å². The quantitative estimate of drug-likeness (QED) is 0.121. The maximum absolute atomic E-state index is 15.6. The van der Waals surface area contributed by atoms with E-state index in [1.54, 1.807) is 22.8 Å². The summed E-state index contributed by atoms with van der Waals surface area (Å²) in [5.74, 6) is 2.58. The van der Waals surface area contributed by atoms with Crippen molar-refractivity contribution in [1.29, 1.82) is 0 Å². The Bertz CT molecular complexity index is 2170. The van der Waals surface area contributed by atoms with Crippen molar-refractivity contribution in [3.05, 3.63) is 105 Å². The average Bonchev–Trinajstić information content (AvgIpc) is 3.77. The van der Waals surface area contributed by atoms with Crippen molar-refractivity contribution in [1.82, 2.24) is 19.5 Å². The van der Waals surface area contributed by atoms with Crippen LogP contribution in [0.2, 0.25) is 5.02 Å². The lowest BCUT2D eigenvalue weighted by molar-refractivity contribution is -0.0589. The summed E-state index contributed by atoms with van der Waals surface area (Å²) in [5.41, 5.74) is 0.275. The Morgan fingerprint density at radius 1 is 1.10 bits per heavy atom. The second-order valence-corrected chi connectivity index (χ2v) is 12.5. The second kappa shape index (κ2) is 13.1. The second-order valence-electron chi connectivity index (χ2n) is 12.1. The van der Waals surface area contributed by atoms with E-state index >= 15 is 8.78 Å². The minimum absolute atomic E-state index is 0.0375. The van der Waals surface area contributed by atoms with Gasteiger partial charge in [0.2, 0.25) is 5.88 Å². The van der Waals surface area contributed by atoms with Crippen LogP contribution in [0.1, 0.15) is 52.3 Å². The molecule has 1 saturated carbocycles. The molecule has 0 unspecified atom stereocenters. The molecule has 0 radical (unpaired) electrons. The van der Waals surface area contributed by atoms with Crippen LogP contribution in [-0.4, -0.2) is 50.0 Å². The lowest BCUT2D eigenvalue weighted by Gasteiger charge is -2.27. The van der Waals surface area contributed by atoms with Crippen LogP contribution in [0.4, 0.5) is 17.6 Å². The zero-order chi connectivity index (χ0) is 34.3. The Morgan fingerprint density at radius 2 is 1.92 bits per heavy atom. The molecule has 7 rings (SSSR count). The largest absolute Gasteiger partial charge is 0.478 e. The average molecular weight is 691 g/mol. The third-order valence-corrected chi connectivity index (χ3v) is 8.98. The maximum atomic E-state index is 15.6. The van der Waals surface area contributed by atoms with Crippen LogP contribution in [0.3, 0.4) is 0 Å². The molecule has 1 aliphatic carbocycles. The Balaban J connectivity index is 1.10. The topological polar surface area (TPSA) is 99.4 Å². The lowest BCUT2D eigenvalue weighted by atomic mass is 10.0. The number of carboxylic acids is 1. The fourth-order valence-corrected chi connectivity index (χ4v) is 5.71. The summed E-state index contributed by atoms with van der Waals surface area (Å²) in [6.45, 7) is 0.253. The summed E-state index contributed by atoms with van der Waals surface area (Å²) < 4.78 is 72.0. The molecule has 0 amide bonds. The fourth-order valence-electron chi connectivity index (χ4n) is 5.49. The highest BCUT2D eigenvalue weighted by molar-refractivity contribution is 6.31. The summed E-state index contributed by atoms with van der Waals surface area (Å²) in [7, 11) is 0. The molecule has 1 saturated heterocycles. The third-order valence-electron chi connectivity index (χ3n) is 8.65. The molecule has 49 heavy (non-hydrogen) atoms. The van der Waals surface area contributed by atoms with Gasteiger partial charge < -0.3 is 19.1 Å². The summed E-state index contributed by atoms with van der Waals surface area (Å²) in [4.78, 5) is 24.6. The summed E-state index contributed by atoms with van der Waals surface area (Å²) >= 11 is 6.38. The molecule has 0 bridgehead atoms. The smallest absolute Gasteiger partial charge is 0.335 e. The monoisotopic (exact) mass is 690 g/mol. The lowest BCUT2D eigenvalue weighted by Crippen LogP contribution is -2.31. The Hall–Kier alpha value is -4.99. The molecule has 0 spiro atoms.